The number of nitrogen functional groups attached to an aromatic ring is 1. The van der Waals surface area contributed by atoms with Crippen LogP contribution in [-0.2, 0) is 9.53 Å². The zero-order valence-electron chi connectivity index (χ0n) is 10.3. The number of rotatable bonds is 7. The highest BCUT2D eigenvalue weighted by atomic mass is 35.5. The van der Waals surface area contributed by atoms with Gasteiger partial charge in [-0.1, -0.05) is 18.0 Å². The van der Waals surface area contributed by atoms with Gasteiger partial charge in [0.05, 0.1) is 7.11 Å². The Labute approximate surface area is 111 Å². The minimum atomic E-state index is -0.168. The number of esters is 1. The number of aromatic nitrogens is 2. The van der Waals surface area contributed by atoms with Gasteiger partial charge >= 0.3 is 5.97 Å². The number of anilines is 2. The van der Waals surface area contributed by atoms with Gasteiger partial charge in [0.25, 0.3) is 0 Å². The third kappa shape index (κ3) is 5.67. The number of nitrogens with one attached hydrogen (secondary N) is 1. The van der Waals surface area contributed by atoms with Crippen molar-refractivity contribution in [2.45, 2.75) is 25.7 Å². The van der Waals surface area contributed by atoms with Crippen molar-refractivity contribution in [1.82, 2.24) is 9.97 Å². The topological polar surface area (TPSA) is 90.1 Å². The van der Waals surface area contributed by atoms with Crippen LogP contribution in [0.1, 0.15) is 25.7 Å². The number of nitrogens with zero attached hydrogens (tertiary/aromatic N) is 2. The second-order valence-electron chi connectivity index (χ2n) is 3.75. The minimum absolute atomic E-state index is 0.149. The molecule has 0 radical (unpaired) electrons. The molecule has 0 amide bonds. The maximum Gasteiger partial charge on any atom is 0.305 e. The van der Waals surface area contributed by atoms with Crippen LogP contribution in [0.4, 0.5) is 11.8 Å². The Morgan fingerprint density at radius 1 is 1.44 bits per heavy atom. The standard InChI is InChI=1S/C11H17ClN4O2/c1-18-10(17)5-3-2-4-6-14-9-7-8(12)15-11(13)16-9/h7H,2-6H2,1H3,(H3,13,14,15,16). The maximum atomic E-state index is 10.9. The second kappa shape index (κ2) is 7.71. The van der Waals surface area contributed by atoms with Gasteiger partial charge < -0.3 is 15.8 Å². The van der Waals surface area contributed by atoms with Crippen molar-refractivity contribution >= 4 is 29.3 Å². The SMILES string of the molecule is COC(=O)CCCCCNc1cc(Cl)nc(N)n1. The molecule has 0 aliphatic carbocycles. The molecule has 7 heteroatoms. The minimum Gasteiger partial charge on any atom is -0.469 e. The van der Waals surface area contributed by atoms with Crippen LogP contribution in [0.25, 0.3) is 0 Å². The molecule has 0 aliphatic rings. The first-order valence-corrected chi connectivity index (χ1v) is 6.10. The number of carbonyl (C=O) groups is 1. The van der Waals surface area contributed by atoms with Crippen molar-refractivity contribution in [2.75, 3.05) is 24.7 Å². The van der Waals surface area contributed by atoms with Crippen molar-refractivity contribution in [3.63, 3.8) is 0 Å². The van der Waals surface area contributed by atoms with Crippen molar-refractivity contribution in [3.8, 4) is 0 Å². The van der Waals surface area contributed by atoms with Crippen LogP contribution in [-0.4, -0.2) is 29.6 Å². The number of hydrogen-bond acceptors (Lipinski definition) is 6. The lowest BCUT2D eigenvalue weighted by Crippen LogP contribution is -2.06. The number of carbonyl (C=O) groups excluding carboxylic acids is 1. The Morgan fingerprint density at radius 2 is 2.22 bits per heavy atom. The lowest BCUT2D eigenvalue weighted by molar-refractivity contribution is -0.140. The Morgan fingerprint density at radius 3 is 2.89 bits per heavy atom. The third-order valence-corrected chi connectivity index (χ3v) is 2.50. The van der Waals surface area contributed by atoms with Crippen LogP contribution >= 0.6 is 11.6 Å². The summed E-state index contributed by atoms with van der Waals surface area (Å²) in [5, 5.41) is 3.41. The predicted octanol–water partition coefficient (Wildman–Crippen LogP) is 1.86. The lowest BCUT2D eigenvalue weighted by atomic mass is 10.2. The molecular formula is C11H17ClN4O2. The van der Waals surface area contributed by atoms with Crippen molar-refractivity contribution < 1.29 is 9.53 Å². The fourth-order valence-corrected chi connectivity index (χ4v) is 1.61. The van der Waals surface area contributed by atoms with Gasteiger partial charge in [-0.3, -0.25) is 4.79 Å². The average molecular weight is 273 g/mol. The fourth-order valence-electron chi connectivity index (χ4n) is 1.42. The molecule has 3 N–H and O–H groups in total. The summed E-state index contributed by atoms with van der Waals surface area (Å²) in [4.78, 5) is 18.6. The quantitative estimate of drug-likeness (QED) is 0.447. The average Bonchev–Trinajstić information content (AvgIpc) is 2.32. The number of halogens is 1. The van der Waals surface area contributed by atoms with Gasteiger partial charge in [-0.05, 0) is 12.8 Å². The molecule has 1 rings (SSSR count). The third-order valence-electron chi connectivity index (χ3n) is 2.30. The summed E-state index contributed by atoms with van der Waals surface area (Å²) in [6.07, 6.45) is 3.15. The summed E-state index contributed by atoms with van der Waals surface area (Å²) in [5.74, 6) is 0.592. The molecule has 6 nitrogen and oxygen atoms in total. The Balaban J connectivity index is 2.16. The number of methoxy groups -OCH3 is 1. The highest BCUT2D eigenvalue weighted by molar-refractivity contribution is 6.29. The largest absolute Gasteiger partial charge is 0.469 e. The fraction of sp³-hybridized carbons (Fsp3) is 0.545. The molecule has 1 aromatic rings. The van der Waals surface area contributed by atoms with E-state index in [9.17, 15) is 4.79 Å². The van der Waals surface area contributed by atoms with Crippen LogP contribution < -0.4 is 11.1 Å². The van der Waals surface area contributed by atoms with E-state index in [2.05, 4.69) is 20.0 Å². The first kappa shape index (κ1) is 14.5. The summed E-state index contributed by atoms with van der Waals surface area (Å²) in [6.45, 7) is 0.744. The first-order valence-electron chi connectivity index (χ1n) is 5.72. The van der Waals surface area contributed by atoms with Crippen LogP contribution in [0.5, 0.6) is 0 Å². The van der Waals surface area contributed by atoms with Gasteiger partial charge in [0, 0.05) is 19.0 Å². The monoisotopic (exact) mass is 272 g/mol. The van der Waals surface area contributed by atoms with Gasteiger partial charge in [0.2, 0.25) is 5.95 Å². The van der Waals surface area contributed by atoms with Gasteiger partial charge in [-0.25, -0.2) is 4.98 Å². The molecule has 0 fully saturated rings. The molecule has 18 heavy (non-hydrogen) atoms. The Bertz CT molecular complexity index is 380. The zero-order chi connectivity index (χ0) is 13.4. The number of nitrogens with two attached hydrogens (primary N) is 1. The summed E-state index contributed by atoms with van der Waals surface area (Å²) < 4.78 is 4.55. The normalized spacial score (nSPS) is 10.1. The molecule has 1 heterocycles. The molecule has 0 saturated carbocycles. The highest BCUT2D eigenvalue weighted by Crippen LogP contribution is 2.12. The molecule has 0 aromatic carbocycles. The molecule has 0 spiro atoms. The molecule has 0 aliphatic heterocycles. The van der Waals surface area contributed by atoms with E-state index in [1.807, 2.05) is 0 Å². The van der Waals surface area contributed by atoms with Crippen LogP contribution in [0, 0.1) is 0 Å². The highest BCUT2D eigenvalue weighted by Gasteiger charge is 2.01. The van der Waals surface area contributed by atoms with Crippen LogP contribution in [0.15, 0.2) is 6.07 Å². The Kier molecular flexibility index (Phi) is 6.21. The molecule has 0 saturated heterocycles. The smallest absolute Gasteiger partial charge is 0.305 e. The van der Waals surface area contributed by atoms with Crippen LogP contribution in [0.2, 0.25) is 5.15 Å². The van der Waals surface area contributed by atoms with Crippen molar-refractivity contribution in [2.24, 2.45) is 0 Å². The number of unbranched alkanes of at least 4 members (excludes halogenated alkanes) is 2. The van der Waals surface area contributed by atoms with E-state index in [1.54, 1.807) is 6.07 Å². The molecule has 1 aromatic heterocycles. The molecule has 100 valence electrons. The van der Waals surface area contributed by atoms with Crippen molar-refractivity contribution in [3.05, 3.63) is 11.2 Å². The summed E-state index contributed by atoms with van der Waals surface area (Å²) in [6, 6.07) is 1.62. The van der Waals surface area contributed by atoms with E-state index >= 15 is 0 Å². The summed E-state index contributed by atoms with van der Waals surface area (Å²) in [5.41, 5.74) is 5.46. The van der Waals surface area contributed by atoms with E-state index in [-0.39, 0.29) is 11.9 Å². The molecule has 0 bridgehead atoms. The Hall–Kier alpha value is -1.56. The first-order chi connectivity index (χ1) is 8.61. The second-order valence-corrected chi connectivity index (χ2v) is 4.13. The van der Waals surface area contributed by atoms with Gasteiger partial charge in [-0.2, -0.15) is 4.98 Å². The lowest BCUT2D eigenvalue weighted by Gasteiger charge is -2.06. The van der Waals surface area contributed by atoms with E-state index in [4.69, 9.17) is 17.3 Å². The maximum absolute atomic E-state index is 10.9. The number of hydrogen-bond donors (Lipinski definition) is 2. The molecular weight excluding hydrogens is 256 g/mol. The predicted molar refractivity (Wildman–Crippen MR) is 70.4 cm³/mol. The molecule has 0 atom stereocenters. The van der Waals surface area contributed by atoms with Gasteiger partial charge in [-0.15, -0.1) is 0 Å². The zero-order valence-corrected chi connectivity index (χ0v) is 11.0. The van der Waals surface area contributed by atoms with E-state index in [0.717, 1.165) is 25.8 Å². The number of ether oxygens (including phenoxy) is 1. The van der Waals surface area contributed by atoms with E-state index < -0.39 is 0 Å². The van der Waals surface area contributed by atoms with Gasteiger partial charge in [0.15, 0.2) is 0 Å². The van der Waals surface area contributed by atoms with E-state index in [0.29, 0.717) is 17.4 Å². The van der Waals surface area contributed by atoms with Crippen molar-refractivity contribution in [1.29, 1.82) is 0 Å². The summed E-state index contributed by atoms with van der Waals surface area (Å²) >= 11 is 5.74. The van der Waals surface area contributed by atoms with Gasteiger partial charge in [0.1, 0.15) is 11.0 Å². The van der Waals surface area contributed by atoms with Crippen LogP contribution in [0.3, 0.4) is 0 Å². The van der Waals surface area contributed by atoms with E-state index in [1.165, 1.54) is 7.11 Å². The summed E-state index contributed by atoms with van der Waals surface area (Å²) in [7, 11) is 1.40. The molecule has 0 unspecified atom stereocenters.